The Labute approximate surface area is 170 Å². The maximum Gasteiger partial charge on any atom is 0.338 e. The second-order valence-corrected chi connectivity index (χ2v) is 7.76. The third-order valence-electron chi connectivity index (χ3n) is 4.19. The van der Waals surface area contributed by atoms with Crippen molar-refractivity contribution in [1.82, 2.24) is 20.9 Å². The summed E-state index contributed by atoms with van der Waals surface area (Å²) in [4.78, 5) is 39.1. The number of amides is 3. The molecule has 3 N–H and O–H groups in total. The van der Waals surface area contributed by atoms with Gasteiger partial charge in [-0.2, -0.15) is 0 Å². The van der Waals surface area contributed by atoms with Crippen LogP contribution in [0, 0.1) is 0 Å². The smallest absolute Gasteiger partial charge is 0.338 e. The van der Waals surface area contributed by atoms with Gasteiger partial charge in [-0.3, -0.25) is 9.69 Å². The number of rotatable bonds is 8. The van der Waals surface area contributed by atoms with Crippen LogP contribution in [0.5, 0.6) is 0 Å². The molecule has 29 heavy (non-hydrogen) atoms. The van der Waals surface area contributed by atoms with E-state index in [9.17, 15) is 14.4 Å². The fourth-order valence-electron chi connectivity index (χ4n) is 3.03. The molecular formula is C20H30N4O5. The SMILES string of the molecule is CCOC(=O)C1=C(CN(CC)CC(=O)NC(C)(C)C)NC(=O)N[C@@H]1c1ccco1. The summed E-state index contributed by atoms with van der Waals surface area (Å²) in [6.45, 7) is 10.4. The van der Waals surface area contributed by atoms with E-state index >= 15 is 0 Å². The molecule has 0 aliphatic carbocycles. The molecule has 0 unspecified atom stereocenters. The van der Waals surface area contributed by atoms with E-state index in [1.807, 2.05) is 32.6 Å². The highest BCUT2D eigenvalue weighted by atomic mass is 16.5. The number of hydrogen-bond donors (Lipinski definition) is 3. The van der Waals surface area contributed by atoms with Crippen molar-refractivity contribution in [2.75, 3.05) is 26.2 Å². The molecule has 1 aromatic rings. The average Bonchev–Trinajstić information content (AvgIpc) is 3.13. The highest BCUT2D eigenvalue weighted by molar-refractivity contribution is 5.95. The van der Waals surface area contributed by atoms with Gasteiger partial charge in [0.15, 0.2) is 0 Å². The minimum atomic E-state index is -0.769. The Morgan fingerprint density at radius 3 is 2.59 bits per heavy atom. The lowest BCUT2D eigenvalue weighted by atomic mass is 10.00. The molecule has 9 nitrogen and oxygen atoms in total. The highest BCUT2D eigenvalue weighted by Gasteiger charge is 2.35. The van der Waals surface area contributed by atoms with Crippen molar-refractivity contribution in [1.29, 1.82) is 0 Å². The van der Waals surface area contributed by atoms with Crippen LogP contribution in [0.4, 0.5) is 4.79 Å². The number of likely N-dealkylation sites (N-methyl/N-ethyl adjacent to an activating group) is 1. The molecule has 0 saturated carbocycles. The van der Waals surface area contributed by atoms with Crippen LogP contribution in [0.1, 0.15) is 46.4 Å². The van der Waals surface area contributed by atoms with Crippen LogP contribution in [0.15, 0.2) is 34.1 Å². The number of carbonyl (C=O) groups excluding carboxylic acids is 3. The molecule has 1 aliphatic heterocycles. The van der Waals surface area contributed by atoms with E-state index in [4.69, 9.17) is 9.15 Å². The van der Waals surface area contributed by atoms with Crippen LogP contribution in [-0.2, 0) is 14.3 Å². The molecular weight excluding hydrogens is 376 g/mol. The zero-order valence-corrected chi connectivity index (χ0v) is 17.6. The van der Waals surface area contributed by atoms with Gasteiger partial charge in [0, 0.05) is 17.8 Å². The summed E-state index contributed by atoms with van der Waals surface area (Å²) in [5.41, 5.74) is 0.300. The molecule has 0 fully saturated rings. The van der Waals surface area contributed by atoms with Gasteiger partial charge in [-0.15, -0.1) is 0 Å². The van der Waals surface area contributed by atoms with Gasteiger partial charge in [0.1, 0.15) is 11.8 Å². The van der Waals surface area contributed by atoms with Crippen molar-refractivity contribution in [2.45, 2.75) is 46.2 Å². The zero-order valence-electron chi connectivity index (χ0n) is 17.6. The van der Waals surface area contributed by atoms with Crippen molar-refractivity contribution < 1.29 is 23.5 Å². The number of ether oxygens (including phenoxy) is 1. The molecule has 1 aromatic heterocycles. The Morgan fingerprint density at radius 2 is 2.03 bits per heavy atom. The molecule has 160 valence electrons. The molecule has 0 spiro atoms. The number of urea groups is 1. The first kappa shape index (κ1) is 22.5. The summed E-state index contributed by atoms with van der Waals surface area (Å²) in [5.74, 6) is -0.263. The van der Waals surface area contributed by atoms with E-state index in [1.54, 1.807) is 19.1 Å². The average molecular weight is 406 g/mol. The third kappa shape index (κ3) is 6.35. The molecule has 0 bridgehead atoms. The first-order chi connectivity index (χ1) is 13.6. The molecule has 3 amide bonds. The molecule has 1 aliphatic rings. The van der Waals surface area contributed by atoms with Gasteiger partial charge in [-0.25, -0.2) is 9.59 Å². The molecule has 9 heteroatoms. The Morgan fingerprint density at radius 1 is 1.31 bits per heavy atom. The van der Waals surface area contributed by atoms with Crippen LogP contribution >= 0.6 is 0 Å². The first-order valence-corrected chi connectivity index (χ1v) is 9.69. The van der Waals surface area contributed by atoms with Gasteiger partial charge in [0.25, 0.3) is 0 Å². The molecule has 0 saturated heterocycles. The Balaban J connectivity index is 2.32. The van der Waals surface area contributed by atoms with E-state index in [-0.39, 0.29) is 36.7 Å². The Hall–Kier alpha value is -2.81. The van der Waals surface area contributed by atoms with E-state index < -0.39 is 18.0 Å². The van der Waals surface area contributed by atoms with Crippen molar-refractivity contribution in [3.05, 3.63) is 35.4 Å². The first-order valence-electron chi connectivity index (χ1n) is 9.69. The van der Waals surface area contributed by atoms with Crippen molar-refractivity contribution in [3.63, 3.8) is 0 Å². The van der Waals surface area contributed by atoms with Crippen LogP contribution < -0.4 is 16.0 Å². The zero-order chi connectivity index (χ0) is 21.6. The van der Waals surface area contributed by atoms with E-state index in [2.05, 4.69) is 16.0 Å². The van der Waals surface area contributed by atoms with Crippen LogP contribution in [-0.4, -0.2) is 54.6 Å². The van der Waals surface area contributed by atoms with Crippen molar-refractivity contribution in [2.24, 2.45) is 0 Å². The van der Waals surface area contributed by atoms with Gasteiger partial charge in [0.2, 0.25) is 5.91 Å². The predicted octanol–water partition coefficient (Wildman–Crippen LogP) is 1.69. The van der Waals surface area contributed by atoms with Crippen LogP contribution in [0.25, 0.3) is 0 Å². The second kappa shape index (κ2) is 9.60. The largest absolute Gasteiger partial charge is 0.467 e. The van der Waals surface area contributed by atoms with E-state index in [0.29, 0.717) is 18.0 Å². The number of carbonyl (C=O) groups is 3. The number of hydrogen-bond acceptors (Lipinski definition) is 6. The summed E-state index contributed by atoms with van der Waals surface area (Å²) in [6.07, 6.45) is 1.47. The fourth-order valence-corrected chi connectivity index (χ4v) is 3.03. The number of nitrogens with zero attached hydrogens (tertiary/aromatic N) is 1. The summed E-state index contributed by atoms with van der Waals surface area (Å²) in [7, 11) is 0. The lowest BCUT2D eigenvalue weighted by Crippen LogP contribution is -2.50. The highest BCUT2D eigenvalue weighted by Crippen LogP contribution is 2.28. The monoisotopic (exact) mass is 406 g/mol. The van der Waals surface area contributed by atoms with Gasteiger partial charge in [-0.05, 0) is 46.4 Å². The van der Waals surface area contributed by atoms with Crippen LogP contribution in [0.3, 0.4) is 0 Å². The van der Waals surface area contributed by atoms with Crippen molar-refractivity contribution >= 4 is 17.9 Å². The maximum absolute atomic E-state index is 12.7. The topological polar surface area (TPSA) is 113 Å². The summed E-state index contributed by atoms with van der Waals surface area (Å²) < 4.78 is 10.6. The van der Waals surface area contributed by atoms with E-state index in [1.165, 1.54) is 6.26 Å². The van der Waals surface area contributed by atoms with E-state index in [0.717, 1.165) is 0 Å². The standard InChI is InChI=1S/C20H30N4O5/c1-6-24(12-15(25)23-20(3,4)5)11-13-16(18(26)28-7-2)17(22-19(27)21-13)14-9-8-10-29-14/h8-10,17H,6-7,11-12H2,1-5H3,(H,23,25)(H2,21,22,27)/t17-/m1/s1. The van der Waals surface area contributed by atoms with Gasteiger partial charge in [0.05, 0.1) is 25.0 Å². The summed E-state index contributed by atoms with van der Waals surface area (Å²) in [6, 6.07) is 2.14. The second-order valence-electron chi connectivity index (χ2n) is 7.76. The minimum Gasteiger partial charge on any atom is -0.467 e. The molecule has 2 rings (SSSR count). The number of esters is 1. The lowest BCUT2D eigenvalue weighted by Gasteiger charge is -2.31. The normalized spacial score (nSPS) is 17.0. The van der Waals surface area contributed by atoms with Crippen molar-refractivity contribution in [3.8, 4) is 0 Å². The number of nitrogens with one attached hydrogen (secondary N) is 3. The molecule has 0 radical (unpaired) electrons. The Kier molecular flexibility index (Phi) is 7.44. The Bertz CT molecular complexity index is 764. The van der Waals surface area contributed by atoms with Gasteiger partial charge in [-0.1, -0.05) is 6.92 Å². The van der Waals surface area contributed by atoms with Gasteiger partial charge < -0.3 is 25.1 Å². The maximum atomic E-state index is 12.7. The quantitative estimate of drug-likeness (QED) is 0.566. The van der Waals surface area contributed by atoms with Crippen LogP contribution in [0.2, 0.25) is 0 Å². The lowest BCUT2D eigenvalue weighted by molar-refractivity contribution is -0.139. The predicted molar refractivity (Wildman–Crippen MR) is 107 cm³/mol. The minimum absolute atomic E-state index is 0.127. The third-order valence-corrected chi connectivity index (χ3v) is 4.19. The molecule has 2 heterocycles. The number of furan rings is 1. The molecule has 1 atom stereocenters. The summed E-state index contributed by atoms with van der Waals surface area (Å²) >= 11 is 0. The van der Waals surface area contributed by atoms with Gasteiger partial charge >= 0.3 is 12.0 Å². The fraction of sp³-hybridized carbons (Fsp3) is 0.550. The summed E-state index contributed by atoms with van der Waals surface area (Å²) in [5, 5.41) is 8.31. The molecule has 0 aromatic carbocycles.